The predicted molar refractivity (Wildman–Crippen MR) is 126 cm³/mol. The van der Waals surface area contributed by atoms with Crippen molar-refractivity contribution >= 4 is 29.8 Å². The summed E-state index contributed by atoms with van der Waals surface area (Å²) >= 11 is 0. The van der Waals surface area contributed by atoms with Gasteiger partial charge in [-0.2, -0.15) is 0 Å². The van der Waals surface area contributed by atoms with Crippen molar-refractivity contribution in [2.24, 2.45) is 0 Å². The highest BCUT2D eigenvalue weighted by Crippen LogP contribution is 2.26. The van der Waals surface area contributed by atoms with Gasteiger partial charge in [-0.25, -0.2) is 0 Å². The van der Waals surface area contributed by atoms with Crippen molar-refractivity contribution in [2.75, 3.05) is 52.9 Å². The molecule has 14 heteroatoms. The summed E-state index contributed by atoms with van der Waals surface area (Å²) in [6, 6.07) is -2.17. The Balaban J connectivity index is 3.40. The minimum absolute atomic E-state index is 0.0156. The normalized spacial score (nSPS) is 21.0. The number of carboxylic acid groups (broad SMARTS) is 5. The van der Waals surface area contributed by atoms with Crippen molar-refractivity contribution in [1.29, 1.82) is 0 Å². The van der Waals surface area contributed by atoms with Gasteiger partial charge in [0.05, 0.1) is 13.1 Å². The van der Waals surface area contributed by atoms with E-state index in [1.807, 2.05) is 0 Å². The molecule has 0 saturated carbocycles. The fourth-order valence-corrected chi connectivity index (χ4v) is 4.66. The van der Waals surface area contributed by atoms with Gasteiger partial charge in [-0.1, -0.05) is 6.42 Å². The summed E-state index contributed by atoms with van der Waals surface area (Å²) in [5.74, 6) is -6.10. The first-order valence-electron chi connectivity index (χ1n) is 11.8. The second-order valence-electron chi connectivity index (χ2n) is 9.32. The number of hydrogen-bond donors (Lipinski definition) is 6. The third-order valence-electron chi connectivity index (χ3n) is 6.42. The van der Waals surface area contributed by atoms with E-state index in [4.69, 9.17) is 5.11 Å². The monoisotopic (exact) mass is 518 g/mol. The van der Waals surface area contributed by atoms with Crippen LogP contribution in [0.15, 0.2) is 0 Å². The first-order valence-corrected chi connectivity index (χ1v) is 11.8. The minimum Gasteiger partial charge on any atom is -0.481 e. The highest BCUT2D eigenvalue weighted by Gasteiger charge is 2.44. The smallest absolute Gasteiger partial charge is 0.320 e. The molecule has 206 valence electrons. The molecule has 1 saturated heterocycles. The SMILES string of the molecule is CNCCCCC(C(=O)O)N1CCN(C(CCC(=O)O)C(=O)O)CC(C)(N(CC(=O)O)CC(=O)O)C1. The molecule has 0 bridgehead atoms. The van der Waals surface area contributed by atoms with Gasteiger partial charge >= 0.3 is 29.8 Å². The number of rotatable bonds is 17. The molecule has 14 nitrogen and oxygen atoms in total. The van der Waals surface area contributed by atoms with Crippen LogP contribution in [-0.4, -0.2) is 141 Å². The van der Waals surface area contributed by atoms with Gasteiger partial charge in [-0.05, 0) is 39.8 Å². The van der Waals surface area contributed by atoms with Gasteiger partial charge in [0.1, 0.15) is 12.1 Å². The summed E-state index contributed by atoms with van der Waals surface area (Å²) in [7, 11) is 1.78. The molecular weight excluding hydrogens is 480 g/mol. The maximum absolute atomic E-state index is 12.2. The lowest BCUT2D eigenvalue weighted by molar-refractivity contribution is -0.150. The number of nitrogens with zero attached hydrogens (tertiary/aromatic N) is 3. The van der Waals surface area contributed by atoms with Crippen LogP contribution in [0.3, 0.4) is 0 Å². The number of carboxylic acids is 5. The first kappa shape index (κ1) is 31.2. The maximum atomic E-state index is 12.2. The Morgan fingerprint density at radius 2 is 1.28 bits per heavy atom. The van der Waals surface area contributed by atoms with Crippen LogP contribution in [0.5, 0.6) is 0 Å². The molecule has 1 fully saturated rings. The van der Waals surface area contributed by atoms with E-state index >= 15 is 0 Å². The van der Waals surface area contributed by atoms with Crippen molar-refractivity contribution in [3.8, 4) is 0 Å². The number of aliphatic carboxylic acids is 5. The van der Waals surface area contributed by atoms with E-state index in [0.717, 1.165) is 6.42 Å². The van der Waals surface area contributed by atoms with Gasteiger partial charge in [0, 0.05) is 38.1 Å². The molecule has 0 radical (unpaired) electrons. The summed E-state index contributed by atoms with van der Waals surface area (Å²) < 4.78 is 0. The van der Waals surface area contributed by atoms with Crippen molar-refractivity contribution in [3.63, 3.8) is 0 Å². The van der Waals surface area contributed by atoms with Crippen LogP contribution < -0.4 is 5.32 Å². The Morgan fingerprint density at radius 3 is 1.67 bits per heavy atom. The van der Waals surface area contributed by atoms with Crippen LogP contribution in [0.25, 0.3) is 0 Å². The summed E-state index contributed by atoms with van der Waals surface area (Å²) in [5, 5.41) is 50.7. The fourth-order valence-electron chi connectivity index (χ4n) is 4.66. The van der Waals surface area contributed by atoms with Gasteiger partial charge in [0.15, 0.2) is 0 Å². The molecule has 1 aliphatic rings. The van der Waals surface area contributed by atoms with Crippen molar-refractivity contribution in [2.45, 2.75) is 56.7 Å². The number of hydrogen-bond acceptors (Lipinski definition) is 9. The van der Waals surface area contributed by atoms with E-state index in [1.165, 1.54) is 9.80 Å². The lowest BCUT2D eigenvalue weighted by atomic mass is 9.95. The van der Waals surface area contributed by atoms with E-state index in [1.54, 1.807) is 18.9 Å². The average molecular weight is 519 g/mol. The van der Waals surface area contributed by atoms with Gasteiger partial charge in [-0.3, -0.25) is 38.7 Å². The molecule has 1 heterocycles. The van der Waals surface area contributed by atoms with E-state index in [0.29, 0.717) is 19.4 Å². The largest absolute Gasteiger partial charge is 0.481 e. The van der Waals surface area contributed by atoms with Crippen molar-refractivity contribution in [3.05, 3.63) is 0 Å². The second-order valence-corrected chi connectivity index (χ2v) is 9.32. The second kappa shape index (κ2) is 14.7. The van der Waals surface area contributed by atoms with Crippen LogP contribution in [0, 0.1) is 0 Å². The predicted octanol–water partition coefficient (Wildman–Crippen LogP) is -1.01. The number of carbonyl (C=O) groups is 5. The van der Waals surface area contributed by atoms with Gasteiger partial charge in [0.2, 0.25) is 0 Å². The Hall–Kier alpha value is -2.81. The zero-order chi connectivity index (χ0) is 27.5. The zero-order valence-corrected chi connectivity index (χ0v) is 20.8. The average Bonchev–Trinajstić information content (AvgIpc) is 2.92. The molecular formula is C22H38N4O10. The molecule has 0 aromatic heterocycles. The summed E-state index contributed by atoms with van der Waals surface area (Å²) in [6.45, 7) is 1.08. The zero-order valence-electron chi connectivity index (χ0n) is 20.8. The Morgan fingerprint density at radius 1 is 0.806 bits per heavy atom. The van der Waals surface area contributed by atoms with Gasteiger partial charge in [0.25, 0.3) is 0 Å². The molecule has 0 aliphatic carbocycles. The van der Waals surface area contributed by atoms with Crippen molar-refractivity contribution in [1.82, 2.24) is 20.0 Å². The molecule has 0 aromatic rings. The fraction of sp³-hybridized carbons (Fsp3) is 0.773. The summed E-state index contributed by atoms with van der Waals surface area (Å²) in [5.41, 5.74) is -1.26. The quantitative estimate of drug-likeness (QED) is 0.128. The molecule has 36 heavy (non-hydrogen) atoms. The van der Waals surface area contributed by atoms with Crippen LogP contribution >= 0.6 is 0 Å². The number of nitrogens with one attached hydrogen (secondary N) is 1. The maximum Gasteiger partial charge on any atom is 0.320 e. The van der Waals surface area contributed by atoms with Crippen molar-refractivity contribution < 1.29 is 49.5 Å². The van der Waals surface area contributed by atoms with E-state index in [2.05, 4.69) is 5.32 Å². The van der Waals surface area contributed by atoms with E-state index in [-0.39, 0.29) is 32.6 Å². The molecule has 3 atom stereocenters. The molecule has 1 rings (SSSR count). The highest BCUT2D eigenvalue weighted by atomic mass is 16.4. The summed E-state index contributed by atoms with van der Waals surface area (Å²) in [6.07, 6.45) is 0.999. The van der Waals surface area contributed by atoms with E-state index < -0.39 is 67.0 Å². The van der Waals surface area contributed by atoms with Crippen LogP contribution in [0.2, 0.25) is 0 Å². The molecule has 3 unspecified atom stereocenters. The Bertz CT molecular complexity index is 779. The molecule has 6 N–H and O–H groups in total. The molecule has 0 aromatic carbocycles. The lowest BCUT2D eigenvalue weighted by Crippen LogP contribution is -2.62. The topological polar surface area (TPSA) is 208 Å². The van der Waals surface area contributed by atoms with Crippen LogP contribution in [-0.2, 0) is 24.0 Å². The Kier molecular flexibility index (Phi) is 12.7. The lowest BCUT2D eigenvalue weighted by Gasteiger charge is -2.44. The van der Waals surface area contributed by atoms with Crippen LogP contribution in [0.1, 0.15) is 39.0 Å². The van der Waals surface area contributed by atoms with Gasteiger partial charge < -0.3 is 30.8 Å². The third kappa shape index (κ3) is 10.0. The van der Waals surface area contributed by atoms with E-state index in [9.17, 15) is 44.4 Å². The highest BCUT2D eigenvalue weighted by molar-refractivity contribution is 5.75. The minimum atomic E-state index is -1.29. The molecule has 0 amide bonds. The number of unbranched alkanes of at least 4 members (excludes halogenated alkanes) is 1. The van der Waals surface area contributed by atoms with Gasteiger partial charge in [-0.15, -0.1) is 0 Å². The molecule has 1 aliphatic heterocycles. The standard InChI is InChI=1S/C22H38N4O10/c1-22(26(11-18(29)30)12-19(31)32)13-24(15(20(33)34)5-3-4-8-23-2)9-10-25(14-22)16(21(35)36)6-7-17(27)28/h15-16,23H,3-14H2,1-2H3,(H,27,28)(H,29,30)(H,31,32)(H,33,34)(H,35,36). The van der Waals surface area contributed by atoms with Crippen LogP contribution in [0.4, 0.5) is 0 Å². The Labute approximate surface area is 209 Å². The summed E-state index contributed by atoms with van der Waals surface area (Å²) in [4.78, 5) is 62.8. The first-order chi connectivity index (χ1) is 16.8. The molecule has 0 spiro atoms. The third-order valence-corrected chi connectivity index (χ3v) is 6.42.